The van der Waals surface area contributed by atoms with Crippen LogP contribution in [0.4, 0.5) is 23.1 Å². The fourth-order valence-corrected chi connectivity index (χ4v) is 8.39. The molecule has 10 rings (SSSR count). The van der Waals surface area contributed by atoms with Gasteiger partial charge >= 0.3 is 0 Å². The predicted molar refractivity (Wildman–Crippen MR) is 288 cm³/mol. The highest BCUT2D eigenvalue weighted by atomic mass is 35.5. The lowest BCUT2D eigenvalue weighted by molar-refractivity contribution is -0.0383. The maximum atomic E-state index is 6.24. The lowest BCUT2D eigenvalue weighted by Gasteiger charge is -2.24. The molecule has 0 aliphatic carbocycles. The van der Waals surface area contributed by atoms with E-state index in [-0.39, 0.29) is 6.23 Å². The summed E-state index contributed by atoms with van der Waals surface area (Å²) in [5.74, 6) is 1.36. The zero-order valence-corrected chi connectivity index (χ0v) is 41.6. The van der Waals surface area contributed by atoms with E-state index < -0.39 is 0 Å². The van der Waals surface area contributed by atoms with Gasteiger partial charge in [-0.25, -0.2) is 19.6 Å². The van der Waals surface area contributed by atoms with Gasteiger partial charge in [-0.1, -0.05) is 59.6 Å². The molecule has 17 nitrogen and oxygen atoms in total. The summed E-state index contributed by atoms with van der Waals surface area (Å²) >= 11 is 12.3. The molecule has 1 aliphatic heterocycles. The molecule has 0 bridgehead atoms. The number of anilines is 4. The monoisotopic (exact) mass is 984 g/mol. The van der Waals surface area contributed by atoms with Crippen molar-refractivity contribution >= 4 is 79.1 Å². The molecule has 366 valence electrons. The Hall–Kier alpha value is -6.86. The summed E-state index contributed by atoms with van der Waals surface area (Å²) in [5.41, 5.74) is 32.2. The molecule has 70 heavy (non-hydrogen) atoms. The number of nitrogens with one attached hydrogen (secondary N) is 3. The smallest absolute Gasteiger partial charge is 0.150 e. The topological polar surface area (TPSA) is 246 Å². The second kappa shape index (κ2) is 24.6. The number of aromatic amines is 2. The molecule has 1 atom stereocenters. The summed E-state index contributed by atoms with van der Waals surface area (Å²) in [6, 6.07) is 29.1. The van der Waals surface area contributed by atoms with Crippen molar-refractivity contribution in [2.75, 3.05) is 83.5 Å². The molecule has 3 aromatic carbocycles. The van der Waals surface area contributed by atoms with Crippen LogP contribution in [0.3, 0.4) is 0 Å². The minimum absolute atomic E-state index is 0.00170. The van der Waals surface area contributed by atoms with Crippen LogP contribution < -0.4 is 28.3 Å². The van der Waals surface area contributed by atoms with Crippen LogP contribution in [0.5, 0.6) is 0 Å². The number of halogens is 2. The highest BCUT2D eigenvalue weighted by molar-refractivity contribution is 6.36. The van der Waals surface area contributed by atoms with Gasteiger partial charge in [0.25, 0.3) is 0 Å². The van der Waals surface area contributed by atoms with Crippen LogP contribution in [0.25, 0.3) is 66.5 Å². The quantitative estimate of drug-likeness (QED) is 0.0564. The van der Waals surface area contributed by atoms with Crippen molar-refractivity contribution in [3.05, 3.63) is 120 Å². The summed E-state index contributed by atoms with van der Waals surface area (Å²) in [7, 11) is 8.26. The molecular weight excluding hydrogens is 924 g/mol. The van der Waals surface area contributed by atoms with Gasteiger partial charge in [0.1, 0.15) is 17.5 Å². The van der Waals surface area contributed by atoms with Crippen LogP contribution in [0.1, 0.15) is 38.3 Å². The van der Waals surface area contributed by atoms with E-state index in [2.05, 4.69) is 95.9 Å². The third-order valence-corrected chi connectivity index (χ3v) is 11.9. The first-order chi connectivity index (χ1) is 33.9. The molecule has 19 heteroatoms. The van der Waals surface area contributed by atoms with Crippen molar-refractivity contribution in [1.82, 2.24) is 54.9 Å². The first kappa shape index (κ1) is 51.0. The van der Waals surface area contributed by atoms with Crippen molar-refractivity contribution in [1.29, 1.82) is 0 Å². The van der Waals surface area contributed by atoms with Crippen LogP contribution in [0, 0.1) is 0 Å². The number of rotatable bonds is 12. The van der Waals surface area contributed by atoms with Crippen molar-refractivity contribution in [3.8, 4) is 33.8 Å². The van der Waals surface area contributed by atoms with E-state index in [0.29, 0.717) is 27.5 Å². The van der Waals surface area contributed by atoms with Gasteiger partial charge in [-0.05, 0) is 128 Å². The van der Waals surface area contributed by atoms with E-state index in [1.54, 1.807) is 30.7 Å². The fraction of sp³-hybridized carbons (Fsp3) is 0.294. The number of nitrogens with two attached hydrogens (primary N) is 4. The number of hydrogen-bond acceptors (Lipinski definition) is 14. The van der Waals surface area contributed by atoms with E-state index in [9.17, 15) is 0 Å². The van der Waals surface area contributed by atoms with Gasteiger partial charge in [-0.3, -0.25) is 10.2 Å². The normalized spacial score (nSPS) is 13.4. The second-order valence-corrected chi connectivity index (χ2v) is 18.1. The molecule has 0 spiro atoms. The zero-order chi connectivity index (χ0) is 49.6. The number of nitrogens with zero attached hydrogens (tertiary/aromatic N) is 9. The Morgan fingerprint density at radius 2 is 1.17 bits per heavy atom. The highest BCUT2D eigenvalue weighted by Gasteiger charge is 2.20. The second-order valence-electron chi connectivity index (χ2n) is 17.3. The standard InChI is InChI=1S/C17H17ClN4O.C17H22N6.C12H9ClN4.C5H14N2/c18-13-10-16(19)21-14-9-11(4-5-12(13)14)15-6-7-20-22(15)17-3-1-2-8-23-17;1-23(2)9-3-7-19-15-11-17(18)21-16-10-12(4-5-13(15)16)14-6-8-20-22-14;13-9-6-12(14)16-11-5-7(1-2-8(9)11)10-3-4-15-17-10;1-7(2)5-3-4-6/h4-7,9-10,17H,1-3,8H2,(H2,19,21);4-6,8,10-11H,3,7,9H2,1-2H3,(H,20,22)(H3,18,19,21);1-6H,(H2,14,16)(H,15,17);3-6H2,1-2H3. The van der Waals surface area contributed by atoms with Gasteiger partial charge in [0.05, 0.1) is 43.7 Å². The van der Waals surface area contributed by atoms with Crippen LogP contribution >= 0.6 is 23.2 Å². The Kier molecular flexibility index (Phi) is 17.9. The molecule has 0 radical (unpaired) electrons. The number of nitrogen functional groups attached to an aromatic ring is 3. The van der Waals surface area contributed by atoms with Crippen molar-refractivity contribution < 1.29 is 4.74 Å². The summed E-state index contributed by atoms with van der Waals surface area (Å²) in [4.78, 5) is 17.4. The number of hydrogen-bond donors (Lipinski definition) is 7. The number of H-pyrrole nitrogens is 2. The molecule has 9 aromatic rings. The third-order valence-electron chi connectivity index (χ3n) is 11.3. The van der Waals surface area contributed by atoms with Crippen LogP contribution in [0.15, 0.2) is 110 Å². The molecule has 0 amide bonds. The summed E-state index contributed by atoms with van der Waals surface area (Å²) in [6.07, 6.45) is 10.7. The number of benzene rings is 3. The van der Waals surface area contributed by atoms with Gasteiger partial charge in [0, 0.05) is 76.3 Å². The van der Waals surface area contributed by atoms with Gasteiger partial charge in [-0.15, -0.1) is 0 Å². The fourth-order valence-electron chi connectivity index (χ4n) is 7.85. The van der Waals surface area contributed by atoms with Gasteiger partial charge in [-0.2, -0.15) is 15.3 Å². The number of pyridine rings is 3. The Bertz CT molecular complexity index is 3060. The van der Waals surface area contributed by atoms with E-state index in [4.69, 9.17) is 50.9 Å². The average molecular weight is 986 g/mol. The van der Waals surface area contributed by atoms with Gasteiger partial charge < -0.3 is 42.8 Å². The third kappa shape index (κ3) is 13.7. The largest absolute Gasteiger partial charge is 0.384 e. The highest BCUT2D eigenvalue weighted by Crippen LogP contribution is 2.33. The van der Waals surface area contributed by atoms with E-state index in [1.165, 1.54) is 0 Å². The Labute approximate surface area is 417 Å². The van der Waals surface area contributed by atoms with Crippen molar-refractivity contribution in [2.45, 2.75) is 38.3 Å². The number of ether oxygens (including phenoxy) is 1. The van der Waals surface area contributed by atoms with Crippen molar-refractivity contribution in [2.24, 2.45) is 5.73 Å². The number of aromatic nitrogens is 9. The Balaban J connectivity index is 0.000000146. The average Bonchev–Trinajstić information content (AvgIpc) is 4.18. The first-order valence-corrected chi connectivity index (χ1v) is 23.9. The maximum absolute atomic E-state index is 6.24. The predicted octanol–water partition coefficient (Wildman–Crippen LogP) is 9.36. The molecule has 1 aliphatic rings. The molecule has 1 unspecified atom stereocenters. The molecule has 11 N–H and O–H groups in total. The lowest BCUT2D eigenvalue weighted by atomic mass is 10.1. The molecular formula is C51H62Cl2N16O. The summed E-state index contributed by atoms with van der Waals surface area (Å²) in [6.45, 7) is 4.65. The Morgan fingerprint density at radius 1 is 0.643 bits per heavy atom. The SMILES string of the molecule is CN(C)CCCN.CN(C)CCCNc1cc(N)nc2cc(-c3ccn[nH]3)ccc12.Nc1cc(Cl)c2ccc(-c3ccn[nH]3)cc2n1.Nc1cc(Cl)c2ccc(-c3ccnn3C3CCCCO3)cc2n1. The minimum Gasteiger partial charge on any atom is -0.384 e. The molecule has 1 fully saturated rings. The minimum atomic E-state index is 0.00170. The first-order valence-electron chi connectivity index (χ1n) is 23.2. The summed E-state index contributed by atoms with van der Waals surface area (Å²) < 4.78 is 7.81. The van der Waals surface area contributed by atoms with Gasteiger partial charge in [0.2, 0.25) is 0 Å². The molecule has 1 saturated heterocycles. The van der Waals surface area contributed by atoms with Crippen LogP contribution in [-0.4, -0.2) is 116 Å². The van der Waals surface area contributed by atoms with E-state index in [0.717, 1.165) is 137 Å². The number of fused-ring (bicyclic) bond motifs is 3. The zero-order valence-electron chi connectivity index (χ0n) is 40.0. The van der Waals surface area contributed by atoms with Crippen molar-refractivity contribution in [3.63, 3.8) is 0 Å². The maximum Gasteiger partial charge on any atom is 0.150 e. The van der Waals surface area contributed by atoms with Gasteiger partial charge in [0.15, 0.2) is 6.23 Å². The lowest BCUT2D eigenvalue weighted by Crippen LogP contribution is -2.19. The van der Waals surface area contributed by atoms with E-state index >= 15 is 0 Å². The summed E-state index contributed by atoms with van der Waals surface area (Å²) in [5, 5.41) is 25.8. The van der Waals surface area contributed by atoms with E-state index in [1.807, 2.05) is 71.4 Å². The van der Waals surface area contributed by atoms with Crippen LogP contribution in [-0.2, 0) is 4.74 Å². The molecule has 0 saturated carbocycles. The molecule has 6 aromatic heterocycles. The Morgan fingerprint density at radius 3 is 1.69 bits per heavy atom. The molecule has 7 heterocycles. The van der Waals surface area contributed by atoms with Crippen LogP contribution in [0.2, 0.25) is 10.0 Å².